The molecule has 2 saturated heterocycles. The fourth-order valence-electron chi connectivity index (χ4n) is 3.10. The molecular formula is C14H18N2O4S. The predicted molar refractivity (Wildman–Crippen MR) is 76.8 cm³/mol. The molecule has 0 bridgehead atoms. The monoisotopic (exact) mass is 310 g/mol. The normalized spacial score (nSPS) is 23.9. The number of aromatic carboxylic acids is 1. The number of benzene rings is 1. The zero-order valence-corrected chi connectivity index (χ0v) is 12.4. The highest BCUT2D eigenvalue weighted by atomic mass is 32.2. The van der Waals surface area contributed by atoms with Crippen LogP contribution in [0.1, 0.15) is 23.2 Å². The Kier molecular flexibility index (Phi) is 3.73. The van der Waals surface area contributed by atoms with Gasteiger partial charge in [0.15, 0.2) is 0 Å². The van der Waals surface area contributed by atoms with Gasteiger partial charge in [0.2, 0.25) is 10.0 Å². The Morgan fingerprint density at radius 1 is 1.14 bits per heavy atom. The van der Waals surface area contributed by atoms with Crippen LogP contribution in [0.3, 0.4) is 0 Å². The van der Waals surface area contributed by atoms with Crippen molar-refractivity contribution < 1.29 is 18.3 Å². The molecule has 1 atom stereocenters. The van der Waals surface area contributed by atoms with Gasteiger partial charge in [-0.15, -0.1) is 0 Å². The number of fused-ring (bicyclic) bond motifs is 1. The molecule has 1 N–H and O–H groups in total. The Labute approximate surface area is 124 Å². The Hall–Kier alpha value is -1.44. The largest absolute Gasteiger partial charge is 0.478 e. The van der Waals surface area contributed by atoms with Crippen LogP contribution in [-0.2, 0) is 10.0 Å². The summed E-state index contributed by atoms with van der Waals surface area (Å²) in [5.41, 5.74) is 0.0922. The molecule has 1 aromatic carbocycles. The Balaban J connectivity index is 1.81. The standard InChI is InChI=1S/C14H18N2O4S/c17-14(18)11-3-5-13(6-4-11)21(19,20)16-9-8-15-7-1-2-12(15)10-16/h3-6,12H,1-2,7-10H2,(H,17,18). The lowest BCUT2D eigenvalue weighted by Gasteiger charge is -2.36. The molecule has 0 amide bonds. The number of rotatable bonds is 3. The van der Waals surface area contributed by atoms with Crippen LogP contribution in [0.25, 0.3) is 0 Å². The Morgan fingerprint density at radius 3 is 2.52 bits per heavy atom. The molecular weight excluding hydrogens is 292 g/mol. The summed E-state index contributed by atoms with van der Waals surface area (Å²) in [5, 5.41) is 8.86. The van der Waals surface area contributed by atoms with E-state index in [1.807, 2.05) is 0 Å². The van der Waals surface area contributed by atoms with Crippen molar-refractivity contribution in [3.63, 3.8) is 0 Å². The second-order valence-corrected chi connectivity index (χ2v) is 7.46. The molecule has 0 aliphatic carbocycles. The number of nitrogens with zero attached hydrogens (tertiary/aromatic N) is 2. The van der Waals surface area contributed by atoms with Crippen LogP contribution in [-0.4, -0.2) is 60.9 Å². The number of sulfonamides is 1. The van der Waals surface area contributed by atoms with Gasteiger partial charge >= 0.3 is 5.97 Å². The molecule has 2 aliphatic rings. The van der Waals surface area contributed by atoms with Crippen LogP contribution < -0.4 is 0 Å². The lowest BCUT2D eigenvalue weighted by atomic mass is 10.2. The highest BCUT2D eigenvalue weighted by molar-refractivity contribution is 7.89. The van der Waals surface area contributed by atoms with Gasteiger partial charge < -0.3 is 5.11 Å². The van der Waals surface area contributed by atoms with E-state index in [1.54, 1.807) is 0 Å². The van der Waals surface area contributed by atoms with E-state index in [0.29, 0.717) is 19.1 Å². The zero-order valence-electron chi connectivity index (χ0n) is 11.6. The summed E-state index contributed by atoms with van der Waals surface area (Å²) in [6, 6.07) is 5.74. The minimum absolute atomic E-state index is 0.0922. The number of carboxylic acids is 1. The van der Waals surface area contributed by atoms with E-state index in [1.165, 1.54) is 28.6 Å². The second kappa shape index (κ2) is 5.40. The first-order valence-corrected chi connectivity index (χ1v) is 8.50. The molecule has 1 unspecified atom stereocenters. The average molecular weight is 310 g/mol. The number of carboxylic acid groups (broad SMARTS) is 1. The summed E-state index contributed by atoms with van der Waals surface area (Å²) in [6.45, 7) is 2.87. The van der Waals surface area contributed by atoms with Crippen LogP contribution in [0.15, 0.2) is 29.2 Å². The zero-order chi connectivity index (χ0) is 15.0. The lowest BCUT2D eigenvalue weighted by molar-refractivity contribution is 0.0696. The summed E-state index contributed by atoms with van der Waals surface area (Å²) in [4.78, 5) is 13.3. The summed E-state index contributed by atoms with van der Waals surface area (Å²) in [5.74, 6) is -1.06. The molecule has 2 heterocycles. The third-order valence-electron chi connectivity index (χ3n) is 4.29. The molecule has 21 heavy (non-hydrogen) atoms. The number of piperazine rings is 1. The number of carbonyl (C=O) groups is 1. The fraction of sp³-hybridized carbons (Fsp3) is 0.500. The first kappa shape index (κ1) is 14.5. The molecule has 3 rings (SSSR count). The third-order valence-corrected chi connectivity index (χ3v) is 6.17. The molecule has 0 radical (unpaired) electrons. The first-order chi connectivity index (χ1) is 9.98. The van der Waals surface area contributed by atoms with Gasteiger partial charge in [-0.3, -0.25) is 4.90 Å². The van der Waals surface area contributed by atoms with Crippen LogP contribution >= 0.6 is 0 Å². The maximum Gasteiger partial charge on any atom is 0.335 e. The van der Waals surface area contributed by atoms with Crippen molar-refractivity contribution in [1.82, 2.24) is 9.21 Å². The SMILES string of the molecule is O=C(O)c1ccc(S(=O)(=O)N2CCN3CCCC3C2)cc1. The minimum Gasteiger partial charge on any atom is -0.478 e. The Bertz CT molecular complexity index is 641. The van der Waals surface area contributed by atoms with Gasteiger partial charge in [0.05, 0.1) is 10.5 Å². The van der Waals surface area contributed by atoms with Gasteiger partial charge in [-0.2, -0.15) is 4.31 Å². The van der Waals surface area contributed by atoms with Crippen LogP contribution in [0.5, 0.6) is 0 Å². The van der Waals surface area contributed by atoms with E-state index in [0.717, 1.165) is 25.9 Å². The molecule has 2 aliphatic heterocycles. The molecule has 6 nitrogen and oxygen atoms in total. The molecule has 0 aromatic heterocycles. The smallest absolute Gasteiger partial charge is 0.335 e. The maximum absolute atomic E-state index is 12.6. The van der Waals surface area contributed by atoms with E-state index >= 15 is 0 Å². The quantitative estimate of drug-likeness (QED) is 0.895. The van der Waals surface area contributed by atoms with Gasteiger partial charge in [-0.1, -0.05) is 0 Å². The highest BCUT2D eigenvalue weighted by Crippen LogP contribution is 2.25. The van der Waals surface area contributed by atoms with E-state index < -0.39 is 16.0 Å². The van der Waals surface area contributed by atoms with Gasteiger partial charge in [0.25, 0.3) is 0 Å². The van der Waals surface area contributed by atoms with E-state index in [9.17, 15) is 13.2 Å². The summed E-state index contributed by atoms with van der Waals surface area (Å²) in [6.07, 6.45) is 2.18. The van der Waals surface area contributed by atoms with Crippen molar-refractivity contribution >= 4 is 16.0 Å². The van der Waals surface area contributed by atoms with Gasteiger partial charge in [0.1, 0.15) is 0 Å². The Morgan fingerprint density at radius 2 is 1.86 bits per heavy atom. The number of hydrogen-bond acceptors (Lipinski definition) is 4. The summed E-state index contributed by atoms with van der Waals surface area (Å²) >= 11 is 0. The van der Waals surface area contributed by atoms with Crippen LogP contribution in [0, 0.1) is 0 Å². The van der Waals surface area contributed by atoms with Gasteiger partial charge in [0, 0.05) is 25.7 Å². The number of hydrogen-bond donors (Lipinski definition) is 1. The van der Waals surface area contributed by atoms with Crippen molar-refractivity contribution in [1.29, 1.82) is 0 Å². The third kappa shape index (κ3) is 2.68. The fourth-order valence-corrected chi connectivity index (χ4v) is 4.57. The van der Waals surface area contributed by atoms with Crippen LogP contribution in [0.2, 0.25) is 0 Å². The predicted octanol–water partition coefficient (Wildman–Crippen LogP) is 0.853. The van der Waals surface area contributed by atoms with Crippen molar-refractivity contribution in [2.45, 2.75) is 23.8 Å². The van der Waals surface area contributed by atoms with E-state index in [-0.39, 0.29) is 10.5 Å². The highest BCUT2D eigenvalue weighted by Gasteiger charge is 2.36. The molecule has 2 fully saturated rings. The van der Waals surface area contributed by atoms with Gasteiger partial charge in [-0.05, 0) is 43.7 Å². The van der Waals surface area contributed by atoms with Crippen molar-refractivity contribution in [2.75, 3.05) is 26.2 Å². The summed E-state index contributed by atoms with van der Waals surface area (Å²) < 4.78 is 26.8. The maximum atomic E-state index is 12.6. The minimum atomic E-state index is -3.53. The first-order valence-electron chi connectivity index (χ1n) is 7.06. The molecule has 114 valence electrons. The average Bonchev–Trinajstić information content (AvgIpc) is 2.94. The van der Waals surface area contributed by atoms with Crippen molar-refractivity contribution in [2.24, 2.45) is 0 Å². The van der Waals surface area contributed by atoms with Crippen molar-refractivity contribution in [3.8, 4) is 0 Å². The molecule has 7 heteroatoms. The molecule has 0 saturated carbocycles. The molecule has 0 spiro atoms. The molecule has 1 aromatic rings. The van der Waals surface area contributed by atoms with E-state index in [4.69, 9.17) is 5.11 Å². The van der Waals surface area contributed by atoms with Gasteiger partial charge in [-0.25, -0.2) is 13.2 Å². The van der Waals surface area contributed by atoms with Crippen molar-refractivity contribution in [3.05, 3.63) is 29.8 Å². The topological polar surface area (TPSA) is 77.9 Å². The van der Waals surface area contributed by atoms with Crippen LogP contribution in [0.4, 0.5) is 0 Å². The lowest BCUT2D eigenvalue weighted by Crippen LogP contribution is -2.51. The summed E-state index contributed by atoms with van der Waals surface area (Å²) in [7, 11) is -3.53. The van der Waals surface area contributed by atoms with E-state index in [2.05, 4.69) is 4.90 Å². The second-order valence-electron chi connectivity index (χ2n) is 5.52.